The van der Waals surface area contributed by atoms with E-state index in [1.54, 1.807) is 13.2 Å². The summed E-state index contributed by atoms with van der Waals surface area (Å²) in [6.07, 6.45) is 5.27. The molecular weight excluding hydrogens is 333 g/mol. The molecule has 0 atom stereocenters. The summed E-state index contributed by atoms with van der Waals surface area (Å²) >= 11 is 2.15. The number of ether oxygens (including phenoxy) is 1. The molecule has 1 fully saturated rings. The monoisotopic (exact) mass is 349 g/mol. The van der Waals surface area contributed by atoms with Crippen molar-refractivity contribution in [2.75, 3.05) is 13.7 Å². The van der Waals surface area contributed by atoms with Gasteiger partial charge in [0.2, 0.25) is 0 Å². The number of methoxy groups -OCH3 is 1. The molecular formula is C12H16INO3. The molecule has 94 valence electrons. The maximum Gasteiger partial charge on any atom is 0.352 e. The molecule has 1 aliphatic carbocycles. The Bertz CT molecular complexity index is 423. The molecule has 0 aromatic carbocycles. The average molecular weight is 349 g/mol. The van der Waals surface area contributed by atoms with Crippen LogP contribution in [-0.2, 0) is 11.3 Å². The highest BCUT2D eigenvalue weighted by molar-refractivity contribution is 14.1. The standard InChI is InChI=1S/C12H16INO3/c1-17-5-4-12(2-3-12)8-14-7-9(13)6-10(14)11(15)16/h6-7H,2-5,8H2,1H3,(H,15,16). The summed E-state index contributed by atoms with van der Waals surface area (Å²) in [5, 5.41) is 9.12. The van der Waals surface area contributed by atoms with Crippen molar-refractivity contribution < 1.29 is 14.6 Å². The van der Waals surface area contributed by atoms with E-state index in [9.17, 15) is 4.79 Å². The normalized spacial score (nSPS) is 17.1. The van der Waals surface area contributed by atoms with Crippen molar-refractivity contribution in [1.29, 1.82) is 0 Å². The van der Waals surface area contributed by atoms with E-state index in [1.165, 1.54) is 12.8 Å². The minimum Gasteiger partial charge on any atom is -0.477 e. The number of nitrogens with zero attached hydrogens (tertiary/aromatic N) is 1. The fraction of sp³-hybridized carbons (Fsp3) is 0.583. The van der Waals surface area contributed by atoms with Gasteiger partial charge in [0.15, 0.2) is 0 Å². The molecule has 0 amide bonds. The molecule has 0 aliphatic heterocycles. The number of aromatic carboxylic acids is 1. The van der Waals surface area contributed by atoms with Crippen LogP contribution in [0, 0.1) is 8.99 Å². The molecule has 4 nitrogen and oxygen atoms in total. The summed E-state index contributed by atoms with van der Waals surface area (Å²) in [4.78, 5) is 11.1. The van der Waals surface area contributed by atoms with E-state index in [-0.39, 0.29) is 5.41 Å². The molecule has 1 saturated carbocycles. The molecule has 0 unspecified atom stereocenters. The lowest BCUT2D eigenvalue weighted by Gasteiger charge is -2.16. The Hall–Kier alpha value is -0.560. The first-order valence-electron chi connectivity index (χ1n) is 5.64. The van der Waals surface area contributed by atoms with E-state index in [0.29, 0.717) is 5.69 Å². The lowest BCUT2D eigenvalue weighted by Crippen LogP contribution is -2.17. The number of halogens is 1. The summed E-state index contributed by atoms with van der Waals surface area (Å²) in [7, 11) is 1.71. The van der Waals surface area contributed by atoms with Crippen molar-refractivity contribution in [1.82, 2.24) is 4.57 Å². The predicted octanol–water partition coefficient (Wildman–Crippen LogP) is 2.61. The van der Waals surface area contributed by atoms with Gasteiger partial charge in [-0.15, -0.1) is 0 Å². The molecule has 0 radical (unpaired) electrons. The second kappa shape index (κ2) is 4.97. The van der Waals surface area contributed by atoms with Crippen LogP contribution in [0.4, 0.5) is 0 Å². The van der Waals surface area contributed by atoms with Gasteiger partial charge < -0.3 is 14.4 Å². The first kappa shape index (κ1) is 12.9. The molecule has 0 bridgehead atoms. The van der Waals surface area contributed by atoms with Crippen molar-refractivity contribution in [3.05, 3.63) is 21.5 Å². The Morgan fingerprint density at radius 2 is 2.35 bits per heavy atom. The number of carbonyl (C=O) groups is 1. The zero-order valence-electron chi connectivity index (χ0n) is 9.78. The molecule has 5 heteroatoms. The zero-order valence-corrected chi connectivity index (χ0v) is 11.9. The number of rotatable bonds is 6. The summed E-state index contributed by atoms with van der Waals surface area (Å²) in [6, 6.07) is 1.72. The number of hydrogen-bond donors (Lipinski definition) is 1. The first-order valence-corrected chi connectivity index (χ1v) is 6.72. The van der Waals surface area contributed by atoms with Crippen molar-refractivity contribution >= 4 is 28.6 Å². The summed E-state index contributed by atoms with van der Waals surface area (Å²) in [6.45, 7) is 1.54. The highest BCUT2D eigenvalue weighted by atomic mass is 127. The SMILES string of the molecule is COCCC1(Cn2cc(I)cc2C(=O)O)CC1. The molecule has 1 aliphatic rings. The maximum absolute atomic E-state index is 11.1. The highest BCUT2D eigenvalue weighted by Gasteiger charge is 2.42. The molecule has 1 aromatic heterocycles. The molecule has 0 spiro atoms. The Balaban J connectivity index is 2.10. The van der Waals surface area contributed by atoms with E-state index in [2.05, 4.69) is 22.6 Å². The summed E-state index contributed by atoms with van der Waals surface area (Å²) in [5.74, 6) is -0.851. The van der Waals surface area contributed by atoms with Gasteiger partial charge in [0.25, 0.3) is 0 Å². The van der Waals surface area contributed by atoms with Crippen LogP contribution in [0.1, 0.15) is 29.8 Å². The third-order valence-electron chi connectivity index (χ3n) is 3.38. The minimum atomic E-state index is -0.851. The second-order valence-corrected chi connectivity index (χ2v) is 5.97. The summed E-state index contributed by atoms with van der Waals surface area (Å²) in [5.41, 5.74) is 0.653. The number of aromatic nitrogens is 1. The second-order valence-electron chi connectivity index (χ2n) is 4.72. The fourth-order valence-corrected chi connectivity index (χ4v) is 2.76. The lowest BCUT2D eigenvalue weighted by molar-refractivity contribution is 0.0683. The van der Waals surface area contributed by atoms with Gasteiger partial charge in [-0.2, -0.15) is 0 Å². The maximum atomic E-state index is 11.1. The lowest BCUT2D eigenvalue weighted by atomic mass is 10.0. The van der Waals surface area contributed by atoms with Crippen molar-refractivity contribution in [2.45, 2.75) is 25.8 Å². The van der Waals surface area contributed by atoms with Crippen LogP contribution in [-0.4, -0.2) is 29.4 Å². The topological polar surface area (TPSA) is 51.5 Å². The van der Waals surface area contributed by atoms with Crippen molar-refractivity contribution in [2.24, 2.45) is 5.41 Å². The van der Waals surface area contributed by atoms with Gasteiger partial charge in [0.05, 0.1) is 0 Å². The Kier molecular flexibility index (Phi) is 3.77. The molecule has 1 heterocycles. The van der Waals surface area contributed by atoms with Crippen LogP contribution < -0.4 is 0 Å². The van der Waals surface area contributed by atoms with Crippen molar-refractivity contribution in [3.8, 4) is 0 Å². The smallest absolute Gasteiger partial charge is 0.352 e. The third-order valence-corrected chi connectivity index (χ3v) is 3.97. The van der Waals surface area contributed by atoms with Gasteiger partial charge >= 0.3 is 5.97 Å². The van der Waals surface area contributed by atoms with E-state index >= 15 is 0 Å². The average Bonchev–Trinajstić information content (AvgIpc) is 2.92. The molecule has 0 saturated heterocycles. The number of carboxylic acids is 1. The molecule has 1 N–H and O–H groups in total. The largest absolute Gasteiger partial charge is 0.477 e. The van der Waals surface area contributed by atoms with E-state index < -0.39 is 5.97 Å². The minimum absolute atomic E-state index is 0.266. The number of hydrogen-bond acceptors (Lipinski definition) is 2. The van der Waals surface area contributed by atoms with Crippen LogP contribution in [0.2, 0.25) is 0 Å². The van der Waals surface area contributed by atoms with Gasteiger partial charge in [0.1, 0.15) is 5.69 Å². The first-order chi connectivity index (χ1) is 8.06. The fourth-order valence-electron chi connectivity index (χ4n) is 2.13. The van der Waals surface area contributed by atoms with Crippen LogP contribution in [0.5, 0.6) is 0 Å². The van der Waals surface area contributed by atoms with Gasteiger partial charge in [-0.1, -0.05) is 0 Å². The van der Waals surface area contributed by atoms with Crippen LogP contribution in [0.25, 0.3) is 0 Å². The Morgan fingerprint density at radius 1 is 1.65 bits per heavy atom. The molecule has 1 aromatic rings. The Morgan fingerprint density at radius 3 is 2.88 bits per heavy atom. The van der Waals surface area contributed by atoms with Crippen LogP contribution >= 0.6 is 22.6 Å². The Labute approximate surface area is 114 Å². The predicted molar refractivity (Wildman–Crippen MR) is 72.3 cm³/mol. The molecule has 17 heavy (non-hydrogen) atoms. The van der Waals surface area contributed by atoms with Crippen molar-refractivity contribution in [3.63, 3.8) is 0 Å². The third kappa shape index (κ3) is 3.01. The van der Waals surface area contributed by atoms with Gasteiger partial charge in [0, 0.05) is 30.0 Å². The van der Waals surface area contributed by atoms with Gasteiger partial charge in [-0.05, 0) is 53.3 Å². The number of carboxylic acid groups (broad SMARTS) is 1. The van der Waals surface area contributed by atoms with Gasteiger partial charge in [-0.25, -0.2) is 4.79 Å². The van der Waals surface area contributed by atoms with Crippen LogP contribution in [0.15, 0.2) is 12.3 Å². The summed E-state index contributed by atoms with van der Waals surface area (Å²) < 4.78 is 7.95. The van der Waals surface area contributed by atoms with E-state index in [4.69, 9.17) is 9.84 Å². The van der Waals surface area contributed by atoms with E-state index in [1.807, 2.05) is 10.8 Å². The zero-order chi connectivity index (χ0) is 12.5. The van der Waals surface area contributed by atoms with Crippen LogP contribution in [0.3, 0.4) is 0 Å². The van der Waals surface area contributed by atoms with E-state index in [0.717, 1.165) is 23.1 Å². The highest BCUT2D eigenvalue weighted by Crippen LogP contribution is 2.50. The quantitative estimate of drug-likeness (QED) is 0.804. The van der Waals surface area contributed by atoms with Gasteiger partial charge in [-0.3, -0.25) is 0 Å². The molecule has 2 rings (SSSR count).